The average Bonchev–Trinajstić information content (AvgIpc) is 2.82. The molecule has 5 rings (SSSR count). The highest BCUT2D eigenvalue weighted by Crippen LogP contribution is 2.74. The van der Waals surface area contributed by atoms with Gasteiger partial charge in [0, 0.05) is 24.7 Å². The minimum atomic E-state index is -0.161. The van der Waals surface area contributed by atoms with E-state index >= 15 is 0 Å². The third kappa shape index (κ3) is 3.89. The molecule has 0 aromatic rings. The number of esters is 2. The summed E-state index contributed by atoms with van der Waals surface area (Å²) in [6.07, 6.45) is 15.5. The average molecular weight is 525 g/mol. The normalized spacial score (nSPS) is 47.2. The molecule has 4 nitrogen and oxygen atoms in total. The lowest BCUT2D eigenvalue weighted by Gasteiger charge is -2.69. The molecule has 212 valence electrons. The zero-order valence-corrected chi connectivity index (χ0v) is 25.6. The van der Waals surface area contributed by atoms with Crippen molar-refractivity contribution in [2.24, 2.45) is 44.3 Å². The number of hydrogen-bond acceptors (Lipinski definition) is 4. The molecule has 0 saturated heterocycles. The fourth-order valence-corrected chi connectivity index (χ4v) is 10.5. The summed E-state index contributed by atoms with van der Waals surface area (Å²) >= 11 is 0. The van der Waals surface area contributed by atoms with Gasteiger partial charge in [0.15, 0.2) is 0 Å². The summed E-state index contributed by atoms with van der Waals surface area (Å²) in [5, 5.41) is 0. The SMILES string of the molecule is CC(=O)OC[C@]1(C)CC[C@]2(C)CC[C@]3(C)C4=CC[C@H]5C(C)(C)[C@H](OC(C)=O)CC[C@]5(C)C4=CC[C@@]3(C)[C@@H]2C1. The van der Waals surface area contributed by atoms with Crippen LogP contribution in [0.2, 0.25) is 0 Å². The second-order valence-electron chi connectivity index (χ2n) is 15.9. The first kappa shape index (κ1) is 28.0. The summed E-state index contributed by atoms with van der Waals surface area (Å²) in [4.78, 5) is 23.6. The van der Waals surface area contributed by atoms with E-state index in [1.54, 1.807) is 18.1 Å². The van der Waals surface area contributed by atoms with E-state index in [0.29, 0.717) is 23.9 Å². The lowest BCUT2D eigenvalue weighted by Crippen LogP contribution is -2.61. The maximum atomic E-state index is 11.9. The first-order valence-corrected chi connectivity index (χ1v) is 15.2. The summed E-state index contributed by atoms with van der Waals surface area (Å²) in [6, 6.07) is 0. The molecule has 0 aromatic heterocycles. The topological polar surface area (TPSA) is 52.6 Å². The molecule has 0 aliphatic heterocycles. The molecule has 0 spiro atoms. The molecular formula is C34H52O4. The second kappa shape index (κ2) is 8.71. The van der Waals surface area contributed by atoms with Crippen LogP contribution in [0, 0.1) is 44.3 Å². The van der Waals surface area contributed by atoms with Gasteiger partial charge in [0.2, 0.25) is 0 Å². The minimum Gasteiger partial charge on any atom is -0.465 e. The van der Waals surface area contributed by atoms with E-state index in [0.717, 1.165) is 38.5 Å². The van der Waals surface area contributed by atoms with Crippen LogP contribution in [0.25, 0.3) is 0 Å². The van der Waals surface area contributed by atoms with E-state index in [9.17, 15) is 9.59 Å². The fourth-order valence-electron chi connectivity index (χ4n) is 10.5. The van der Waals surface area contributed by atoms with Crippen LogP contribution in [0.5, 0.6) is 0 Å². The molecule has 0 aromatic carbocycles. The number of carbonyl (C=O) groups is 2. The number of fused-ring (bicyclic) bond motifs is 7. The zero-order chi connectivity index (χ0) is 27.9. The highest BCUT2D eigenvalue weighted by atomic mass is 16.5. The quantitative estimate of drug-likeness (QED) is 0.349. The Kier molecular flexibility index (Phi) is 6.41. The first-order valence-electron chi connectivity index (χ1n) is 15.2. The van der Waals surface area contributed by atoms with Crippen LogP contribution in [-0.2, 0) is 19.1 Å². The van der Waals surface area contributed by atoms with E-state index in [-0.39, 0.29) is 45.1 Å². The smallest absolute Gasteiger partial charge is 0.302 e. The maximum Gasteiger partial charge on any atom is 0.302 e. The Morgan fingerprint density at radius 3 is 2.18 bits per heavy atom. The van der Waals surface area contributed by atoms with Crippen molar-refractivity contribution < 1.29 is 19.1 Å². The van der Waals surface area contributed by atoms with Crippen LogP contribution in [0.15, 0.2) is 23.3 Å². The largest absolute Gasteiger partial charge is 0.465 e. The summed E-state index contributed by atoms with van der Waals surface area (Å²) in [6.45, 7) is 20.9. The van der Waals surface area contributed by atoms with Crippen molar-refractivity contribution >= 4 is 11.9 Å². The molecule has 38 heavy (non-hydrogen) atoms. The predicted octanol–water partition coefficient (Wildman–Crippen LogP) is 8.20. The molecule has 3 saturated carbocycles. The van der Waals surface area contributed by atoms with Crippen LogP contribution in [0.1, 0.15) is 120 Å². The number of ether oxygens (including phenoxy) is 2. The summed E-state index contributed by atoms with van der Waals surface area (Å²) < 4.78 is 11.5. The van der Waals surface area contributed by atoms with Crippen molar-refractivity contribution in [3.05, 3.63) is 23.3 Å². The number of allylic oxidation sites excluding steroid dienone is 4. The summed E-state index contributed by atoms with van der Waals surface area (Å²) in [5.41, 5.74) is 4.01. The third-order valence-electron chi connectivity index (χ3n) is 13.2. The van der Waals surface area contributed by atoms with Gasteiger partial charge in [-0.3, -0.25) is 9.59 Å². The Morgan fingerprint density at radius 2 is 1.53 bits per heavy atom. The van der Waals surface area contributed by atoms with Crippen molar-refractivity contribution in [1.82, 2.24) is 0 Å². The molecule has 5 aliphatic rings. The van der Waals surface area contributed by atoms with Gasteiger partial charge in [0.05, 0.1) is 6.61 Å². The zero-order valence-electron chi connectivity index (χ0n) is 25.6. The fraction of sp³-hybridized carbons (Fsp3) is 0.824. The van der Waals surface area contributed by atoms with Gasteiger partial charge < -0.3 is 9.47 Å². The van der Waals surface area contributed by atoms with Gasteiger partial charge in [-0.25, -0.2) is 0 Å². The number of rotatable bonds is 3. The molecular weight excluding hydrogens is 472 g/mol. The predicted molar refractivity (Wildman–Crippen MR) is 151 cm³/mol. The van der Waals surface area contributed by atoms with Crippen molar-refractivity contribution in [3.63, 3.8) is 0 Å². The van der Waals surface area contributed by atoms with E-state index < -0.39 is 0 Å². The van der Waals surface area contributed by atoms with E-state index in [1.165, 1.54) is 26.2 Å². The molecule has 3 fully saturated rings. The Labute approximate surface area is 231 Å². The van der Waals surface area contributed by atoms with Gasteiger partial charge in [-0.2, -0.15) is 0 Å². The van der Waals surface area contributed by atoms with Crippen LogP contribution >= 0.6 is 0 Å². The number of carbonyl (C=O) groups excluding carboxylic acids is 2. The standard InChI is InChI=1S/C34H52O4/c1-22(35)37-21-30(5)16-17-31(6)18-19-33(8)25-10-11-26-29(3,4)28(38-23(2)36)13-14-32(26,7)24(25)12-15-34(33,9)27(31)20-30/h10,12,26-28H,11,13-21H2,1-9H3/t26-,27+,28+,30+,31+,32+,33+,34-/m0/s1. The molecule has 0 N–H and O–H groups in total. The van der Waals surface area contributed by atoms with Crippen LogP contribution < -0.4 is 0 Å². The molecule has 0 heterocycles. The Hall–Kier alpha value is -1.58. The van der Waals surface area contributed by atoms with Crippen LogP contribution in [0.3, 0.4) is 0 Å². The molecule has 0 unspecified atom stereocenters. The lowest BCUT2D eigenvalue weighted by atomic mass is 9.36. The van der Waals surface area contributed by atoms with Crippen molar-refractivity contribution in [2.75, 3.05) is 6.61 Å². The van der Waals surface area contributed by atoms with Crippen molar-refractivity contribution in [2.45, 2.75) is 126 Å². The summed E-state index contributed by atoms with van der Waals surface area (Å²) in [7, 11) is 0. The molecule has 0 radical (unpaired) electrons. The number of hydrogen-bond donors (Lipinski definition) is 0. The molecule has 0 bridgehead atoms. The minimum absolute atomic E-state index is 0.00871. The highest BCUT2D eigenvalue weighted by Gasteiger charge is 2.66. The molecule has 0 amide bonds. The monoisotopic (exact) mass is 524 g/mol. The van der Waals surface area contributed by atoms with Crippen LogP contribution in [-0.4, -0.2) is 24.6 Å². The Bertz CT molecular complexity index is 1080. The molecule has 4 heteroatoms. The summed E-state index contributed by atoms with van der Waals surface area (Å²) in [5.74, 6) is 0.748. The van der Waals surface area contributed by atoms with E-state index in [4.69, 9.17) is 9.47 Å². The van der Waals surface area contributed by atoms with Gasteiger partial charge >= 0.3 is 11.9 Å². The molecule has 8 atom stereocenters. The third-order valence-corrected chi connectivity index (χ3v) is 13.2. The first-order chi connectivity index (χ1) is 17.5. The Balaban J connectivity index is 1.51. The van der Waals surface area contributed by atoms with Crippen molar-refractivity contribution in [3.8, 4) is 0 Å². The maximum absolute atomic E-state index is 11.9. The highest BCUT2D eigenvalue weighted by molar-refractivity contribution is 5.66. The second-order valence-corrected chi connectivity index (χ2v) is 15.9. The van der Waals surface area contributed by atoms with Crippen LogP contribution in [0.4, 0.5) is 0 Å². The molecule has 5 aliphatic carbocycles. The van der Waals surface area contributed by atoms with E-state index in [1.807, 2.05) is 0 Å². The van der Waals surface area contributed by atoms with Crippen molar-refractivity contribution in [1.29, 1.82) is 0 Å². The van der Waals surface area contributed by atoms with Gasteiger partial charge in [0.25, 0.3) is 0 Å². The Morgan fingerprint density at radius 1 is 0.842 bits per heavy atom. The lowest BCUT2D eigenvalue weighted by molar-refractivity contribution is -0.169. The van der Waals surface area contributed by atoms with Gasteiger partial charge in [-0.1, -0.05) is 60.6 Å². The van der Waals surface area contributed by atoms with Gasteiger partial charge in [-0.15, -0.1) is 0 Å². The van der Waals surface area contributed by atoms with E-state index in [2.05, 4.69) is 60.6 Å². The van der Waals surface area contributed by atoms with Gasteiger partial charge in [0.1, 0.15) is 6.10 Å². The van der Waals surface area contributed by atoms with Gasteiger partial charge in [-0.05, 0) is 102 Å².